The molecule has 10 nitrogen and oxygen atoms in total. The Kier molecular flexibility index (Phi) is 11.3. The number of anilines is 3. The Bertz CT molecular complexity index is 1440. The Balaban J connectivity index is 0.000000868. The number of halogens is 2. The molecule has 1 aliphatic heterocycles. The smallest absolute Gasteiger partial charge is 0.260 e. The van der Waals surface area contributed by atoms with Crippen molar-refractivity contribution < 1.29 is 18.3 Å². The largest absolute Gasteiger partial charge is 0.435 e. The number of carbonyl (C=O) groups is 1. The summed E-state index contributed by atoms with van der Waals surface area (Å²) in [5.74, 6) is -2.17. The fourth-order valence-corrected chi connectivity index (χ4v) is 4.08. The molecule has 4 aromatic rings. The van der Waals surface area contributed by atoms with E-state index in [1.54, 1.807) is 19.2 Å². The van der Waals surface area contributed by atoms with Crippen molar-refractivity contribution >= 4 is 34.1 Å². The Morgan fingerprint density at radius 3 is 2.44 bits per heavy atom. The molecule has 1 aliphatic rings. The van der Waals surface area contributed by atoms with Gasteiger partial charge in [-0.2, -0.15) is 0 Å². The molecule has 3 aromatic heterocycles. The van der Waals surface area contributed by atoms with Gasteiger partial charge >= 0.3 is 0 Å². The monoisotopic (exact) mass is 568 g/mol. The molecule has 0 atom stereocenters. The Morgan fingerprint density at radius 2 is 1.80 bits per heavy atom. The topological polar surface area (TPSA) is 120 Å². The highest BCUT2D eigenvalue weighted by Crippen LogP contribution is 2.34. The van der Waals surface area contributed by atoms with E-state index < -0.39 is 23.3 Å². The maximum Gasteiger partial charge on any atom is 0.260 e. The van der Waals surface area contributed by atoms with Crippen molar-refractivity contribution in [3.05, 3.63) is 59.7 Å². The maximum atomic E-state index is 15.1. The van der Waals surface area contributed by atoms with Crippen molar-refractivity contribution in [2.75, 3.05) is 43.4 Å². The SMILES string of the molecule is CC.CCC.CNC(=O)c1c(Nc2ccc(N3CCNCC3)cn2)ncnc1Oc1cc(F)c2[nH]c(C)cc2c1F. The van der Waals surface area contributed by atoms with Crippen LogP contribution in [0.2, 0.25) is 0 Å². The summed E-state index contributed by atoms with van der Waals surface area (Å²) >= 11 is 0. The maximum absolute atomic E-state index is 15.1. The molecule has 0 saturated carbocycles. The molecule has 1 fully saturated rings. The minimum atomic E-state index is -0.781. The molecule has 4 N–H and O–H groups in total. The lowest BCUT2D eigenvalue weighted by Crippen LogP contribution is -2.43. The summed E-state index contributed by atoms with van der Waals surface area (Å²) in [6.07, 6.45) is 4.14. The highest BCUT2D eigenvalue weighted by Gasteiger charge is 2.24. The summed E-state index contributed by atoms with van der Waals surface area (Å²) in [5, 5.41) is 8.83. The molecule has 220 valence electrons. The number of nitrogens with zero attached hydrogens (tertiary/aromatic N) is 4. The molecule has 0 aliphatic carbocycles. The average Bonchev–Trinajstić information content (AvgIpc) is 3.40. The molecule has 1 amide bonds. The molecule has 4 heterocycles. The van der Waals surface area contributed by atoms with Crippen molar-refractivity contribution in [1.82, 2.24) is 30.6 Å². The van der Waals surface area contributed by atoms with Crippen LogP contribution in [0.15, 0.2) is 36.8 Å². The van der Waals surface area contributed by atoms with Crippen LogP contribution >= 0.6 is 0 Å². The molecule has 0 spiro atoms. The number of hydrogen-bond donors (Lipinski definition) is 4. The first-order chi connectivity index (χ1) is 19.9. The van der Waals surface area contributed by atoms with Crippen LogP contribution in [-0.2, 0) is 0 Å². The third-order valence-corrected chi connectivity index (χ3v) is 5.85. The first kappa shape index (κ1) is 31.2. The van der Waals surface area contributed by atoms with Crippen LogP contribution in [0.4, 0.5) is 26.1 Å². The van der Waals surface area contributed by atoms with Crippen LogP contribution in [-0.4, -0.2) is 59.1 Å². The summed E-state index contributed by atoms with van der Waals surface area (Å²) in [5.41, 5.74) is 1.52. The summed E-state index contributed by atoms with van der Waals surface area (Å²) in [7, 11) is 1.43. The van der Waals surface area contributed by atoms with Gasteiger partial charge in [-0.15, -0.1) is 0 Å². The third kappa shape index (κ3) is 7.46. The van der Waals surface area contributed by atoms with Gasteiger partial charge < -0.3 is 30.6 Å². The lowest BCUT2D eigenvalue weighted by molar-refractivity contribution is 0.0960. The average molecular weight is 569 g/mol. The summed E-state index contributed by atoms with van der Waals surface area (Å²) < 4.78 is 35.3. The number of pyridine rings is 1. The second kappa shape index (κ2) is 14.9. The van der Waals surface area contributed by atoms with Gasteiger partial charge in [0.1, 0.15) is 17.7 Å². The van der Waals surface area contributed by atoms with E-state index in [1.165, 1.54) is 19.5 Å². The number of benzene rings is 1. The molecule has 12 heteroatoms. The van der Waals surface area contributed by atoms with E-state index in [1.807, 2.05) is 19.9 Å². The van der Waals surface area contributed by atoms with E-state index in [4.69, 9.17) is 4.74 Å². The van der Waals surface area contributed by atoms with Crippen molar-refractivity contribution in [2.45, 2.75) is 41.0 Å². The van der Waals surface area contributed by atoms with Gasteiger partial charge in [-0.3, -0.25) is 4.79 Å². The fraction of sp³-hybridized carbons (Fsp3) is 0.379. The van der Waals surface area contributed by atoms with E-state index in [2.05, 4.69) is 54.6 Å². The minimum Gasteiger partial charge on any atom is -0.435 e. The number of ether oxygens (including phenoxy) is 1. The number of amides is 1. The van der Waals surface area contributed by atoms with Gasteiger partial charge in [0.15, 0.2) is 23.2 Å². The van der Waals surface area contributed by atoms with Crippen LogP contribution < -0.4 is 25.6 Å². The standard InChI is InChI=1S/C24H24F2N8O2.C3H8.C2H6/c1-13-9-15-20(26)17(10-16(25)21(15)32-13)36-24-19(23(35)27-2)22(30-12-31-24)33-18-4-3-14(11-29-18)34-7-5-28-6-8-34;1-3-2;1-2/h3-4,9-12,28,32H,5-8H2,1-2H3,(H,27,35)(H,29,30,31,33);3H2,1-2H3;1-2H3. The second-order valence-electron chi connectivity index (χ2n) is 8.97. The van der Waals surface area contributed by atoms with Crippen molar-refractivity contribution in [3.63, 3.8) is 0 Å². The quantitative estimate of drug-likeness (QED) is 0.234. The van der Waals surface area contributed by atoms with E-state index in [0.717, 1.165) is 44.3 Å². The molecule has 0 radical (unpaired) electrons. The second-order valence-corrected chi connectivity index (χ2v) is 8.97. The Labute approximate surface area is 238 Å². The molecular weight excluding hydrogens is 530 g/mol. The lowest BCUT2D eigenvalue weighted by Gasteiger charge is -2.29. The van der Waals surface area contributed by atoms with Crippen molar-refractivity contribution in [2.24, 2.45) is 0 Å². The summed E-state index contributed by atoms with van der Waals surface area (Å²) in [6, 6.07) is 6.08. The van der Waals surface area contributed by atoms with E-state index >= 15 is 4.39 Å². The van der Waals surface area contributed by atoms with Crippen molar-refractivity contribution in [3.8, 4) is 11.6 Å². The zero-order valence-electron chi connectivity index (χ0n) is 24.4. The molecule has 41 heavy (non-hydrogen) atoms. The predicted molar refractivity (Wildman–Crippen MR) is 158 cm³/mol. The minimum absolute atomic E-state index is 0.0317. The number of hydrogen-bond acceptors (Lipinski definition) is 8. The summed E-state index contributed by atoms with van der Waals surface area (Å²) in [6.45, 7) is 13.5. The molecule has 0 bridgehead atoms. The van der Waals surface area contributed by atoms with Crippen LogP contribution in [0.25, 0.3) is 10.9 Å². The van der Waals surface area contributed by atoms with Gasteiger partial charge in [-0.1, -0.05) is 34.1 Å². The lowest BCUT2D eigenvalue weighted by atomic mass is 10.2. The molecule has 5 rings (SSSR count). The van der Waals surface area contributed by atoms with Crippen LogP contribution in [0.1, 0.15) is 50.2 Å². The van der Waals surface area contributed by atoms with E-state index in [-0.39, 0.29) is 28.2 Å². The first-order valence-corrected chi connectivity index (χ1v) is 13.8. The molecule has 0 unspecified atom stereocenters. The summed E-state index contributed by atoms with van der Waals surface area (Å²) in [4.78, 5) is 30.3. The van der Waals surface area contributed by atoms with Gasteiger partial charge in [0, 0.05) is 50.4 Å². The normalized spacial score (nSPS) is 12.5. The number of aromatic nitrogens is 4. The van der Waals surface area contributed by atoms with Gasteiger partial charge in [0.2, 0.25) is 5.88 Å². The number of H-pyrrole nitrogens is 1. The Morgan fingerprint density at radius 1 is 1.10 bits per heavy atom. The number of piperazine rings is 1. The predicted octanol–water partition coefficient (Wildman–Crippen LogP) is 5.69. The van der Waals surface area contributed by atoms with Gasteiger partial charge in [-0.25, -0.2) is 23.7 Å². The zero-order chi connectivity index (χ0) is 29.9. The van der Waals surface area contributed by atoms with E-state index in [0.29, 0.717) is 11.5 Å². The van der Waals surface area contributed by atoms with Crippen LogP contribution in [0.5, 0.6) is 11.6 Å². The zero-order valence-corrected chi connectivity index (χ0v) is 24.4. The third-order valence-electron chi connectivity index (χ3n) is 5.85. The number of carbonyl (C=O) groups excluding carboxylic acids is 1. The molecular formula is C29H38F2N8O2. The van der Waals surface area contributed by atoms with Crippen LogP contribution in [0, 0.1) is 18.6 Å². The number of rotatable bonds is 6. The fourth-order valence-electron chi connectivity index (χ4n) is 4.08. The number of fused-ring (bicyclic) bond motifs is 1. The first-order valence-electron chi connectivity index (χ1n) is 13.8. The highest BCUT2D eigenvalue weighted by molar-refractivity contribution is 6.01. The number of aryl methyl sites for hydroxylation is 1. The van der Waals surface area contributed by atoms with E-state index in [9.17, 15) is 9.18 Å². The van der Waals surface area contributed by atoms with Gasteiger partial charge in [0.05, 0.1) is 17.4 Å². The molecule has 1 aromatic carbocycles. The van der Waals surface area contributed by atoms with Gasteiger partial charge in [0.25, 0.3) is 5.91 Å². The van der Waals surface area contributed by atoms with Crippen LogP contribution in [0.3, 0.4) is 0 Å². The highest BCUT2D eigenvalue weighted by atomic mass is 19.1. The Hall–Kier alpha value is -4.32. The van der Waals surface area contributed by atoms with Crippen molar-refractivity contribution in [1.29, 1.82) is 0 Å². The number of nitrogens with one attached hydrogen (secondary N) is 4. The van der Waals surface area contributed by atoms with Gasteiger partial charge in [-0.05, 0) is 25.1 Å². The number of aromatic amines is 1. The molecule has 1 saturated heterocycles.